The molecule has 4 rings (SSSR count). The molecular weight excluding hydrogens is 468 g/mol. The normalized spacial score (nSPS) is 21.8. The van der Waals surface area contributed by atoms with Gasteiger partial charge in [-0.1, -0.05) is 17.7 Å². The van der Waals surface area contributed by atoms with Crippen molar-refractivity contribution in [2.45, 2.75) is 69.4 Å². The van der Waals surface area contributed by atoms with Crippen LogP contribution in [0.15, 0.2) is 47.6 Å². The van der Waals surface area contributed by atoms with E-state index in [1.807, 2.05) is 40.0 Å². The van der Waals surface area contributed by atoms with Gasteiger partial charge in [0.2, 0.25) is 0 Å². The lowest BCUT2D eigenvalue weighted by Crippen LogP contribution is -2.55. The minimum atomic E-state index is -3.74. The molecule has 9 heteroatoms. The third kappa shape index (κ3) is 6.73. The van der Waals surface area contributed by atoms with Gasteiger partial charge in [0.15, 0.2) is 0 Å². The fourth-order valence-corrected chi connectivity index (χ4v) is 5.06. The highest BCUT2D eigenvalue weighted by Crippen LogP contribution is 2.50. The van der Waals surface area contributed by atoms with Crippen molar-refractivity contribution in [3.8, 4) is 5.75 Å². The first kappa shape index (κ1) is 25.4. The smallest absolute Gasteiger partial charge is 0.410 e. The maximum atomic E-state index is 12.4. The Morgan fingerprint density at radius 1 is 1.17 bits per heavy atom. The van der Waals surface area contributed by atoms with E-state index in [2.05, 4.69) is 4.98 Å². The maximum Gasteiger partial charge on any atom is 0.410 e. The highest BCUT2D eigenvalue weighted by molar-refractivity contribution is 7.86. The summed E-state index contributed by atoms with van der Waals surface area (Å²) in [5, 5.41) is 0. The average Bonchev–Trinajstić information content (AvgIpc) is 3.52. The quantitative estimate of drug-likeness (QED) is 0.460. The Balaban J connectivity index is 1.23. The van der Waals surface area contributed by atoms with E-state index in [0.717, 1.165) is 24.0 Å². The lowest BCUT2D eigenvalue weighted by atomic mass is 10.1. The highest BCUT2D eigenvalue weighted by atomic mass is 32.2. The van der Waals surface area contributed by atoms with Gasteiger partial charge in [-0.05, 0) is 82.6 Å². The molecule has 1 aromatic heterocycles. The number of aromatic nitrogens is 1. The van der Waals surface area contributed by atoms with E-state index in [4.69, 9.17) is 13.7 Å². The highest BCUT2D eigenvalue weighted by Gasteiger charge is 2.39. The second-order valence-electron chi connectivity index (χ2n) is 10.4. The SMILES string of the molecule is Cc1ccc(S(=O)(=O)OCC[C@H]2CC2c2cncc(OC[C@@H]3CCN3C(=O)OC(C)(C)C)c2)cc1. The molecule has 0 bridgehead atoms. The Labute approximate surface area is 207 Å². The summed E-state index contributed by atoms with van der Waals surface area (Å²) in [6.07, 6.45) is 5.70. The summed E-state index contributed by atoms with van der Waals surface area (Å²) in [5.41, 5.74) is 1.55. The zero-order valence-corrected chi connectivity index (χ0v) is 21.6. The molecule has 1 amide bonds. The molecule has 0 N–H and O–H groups in total. The van der Waals surface area contributed by atoms with E-state index in [1.54, 1.807) is 35.4 Å². The standard InChI is InChI=1S/C26H34N2O6S/c1-18-5-7-23(8-6-18)35(30,31)33-12-10-19-14-24(19)20-13-22(16-27-15-20)32-17-21-9-11-28(21)25(29)34-26(2,3)4/h5-8,13,15-16,19,21,24H,9-12,14,17H2,1-4H3/t19-,21-,24?/m0/s1. The van der Waals surface area contributed by atoms with Crippen molar-refractivity contribution >= 4 is 16.2 Å². The number of hydrogen-bond acceptors (Lipinski definition) is 7. The Hall–Kier alpha value is -2.65. The molecular formula is C26H34N2O6S. The van der Waals surface area contributed by atoms with Gasteiger partial charge in [0.25, 0.3) is 10.1 Å². The summed E-state index contributed by atoms with van der Waals surface area (Å²) in [5.74, 6) is 1.34. The van der Waals surface area contributed by atoms with Crippen LogP contribution in [0.1, 0.15) is 57.1 Å². The zero-order valence-electron chi connectivity index (χ0n) is 20.8. The molecule has 2 fully saturated rings. The van der Waals surface area contributed by atoms with Crippen molar-refractivity contribution in [1.82, 2.24) is 9.88 Å². The van der Waals surface area contributed by atoms with E-state index >= 15 is 0 Å². The van der Waals surface area contributed by atoms with Crippen LogP contribution in [-0.4, -0.2) is 55.8 Å². The fraction of sp³-hybridized carbons (Fsp3) is 0.538. The summed E-state index contributed by atoms with van der Waals surface area (Å²) in [4.78, 5) is 18.5. The molecule has 3 atom stereocenters. The van der Waals surface area contributed by atoms with Crippen molar-refractivity contribution in [2.24, 2.45) is 5.92 Å². The molecule has 8 nitrogen and oxygen atoms in total. The van der Waals surface area contributed by atoms with E-state index in [0.29, 0.717) is 37.2 Å². The minimum Gasteiger partial charge on any atom is -0.490 e. The van der Waals surface area contributed by atoms with Gasteiger partial charge in [-0.3, -0.25) is 9.17 Å². The molecule has 2 aliphatic rings. The third-order valence-electron chi connectivity index (χ3n) is 6.34. The summed E-state index contributed by atoms with van der Waals surface area (Å²) in [6.45, 7) is 8.69. The number of hydrogen-bond donors (Lipinski definition) is 0. The molecule has 1 aliphatic carbocycles. The van der Waals surface area contributed by atoms with Crippen LogP contribution in [0, 0.1) is 12.8 Å². The number of amides is 1. The van der Waals surface area contributed by atoms with Gasteiger partial charge in [0.05, 0.1) is 23.7 Å². The zero-order chi connectivity index (χ0) is 25.2. The predicted molar refractivity (Wildman–Crippen MR) is 131 cm³/mol. The number of carbonyl (C=O) groups excluding carboxylic acids is 1. The second kappa shape index (κ2) is 10.1. The van der Waals surface area contributed by atoms with Gasteiger partial charge in [0.1, 0.15) is 18.0 Å². The summed E-state index contributed by atoms with van der Waals surface area (Å²) in [7, 11) is -3.74. The summed E-state index contributed by atoms with van der Waals surface area (Å²) >= 11 is 0. The maximum absolute atomic E-state index is 12.4. The number of likely N-dealkylation sites (tertiary alicyclic amines) is 1. The first-order valence-corrected chi connectivity index (χ1v) is 13.5. The van der Waals surface area contributed by atoms with Crippen LogP contribution < -0.4 is 4.74 Å². The van der Waals surface area contributed by atoms with Crippen LogP contribution in [0.5, 0.6) is 5.75 Å². The number of benzene rings is 1. The molecule has 35 heavy (non-hydrogen) atoms. The number of aryl methyl sites for hydroxylation is 1. The number of ether oxygens (including phenoxy) is 2. The molecule has 1 saturated heterocycles. The van der Waals surface area contributed by atoms with Crippen LogP contribution in [0.3, 0.4) is 0 Å². The monoisotopic (exact) mass is 502 g/mol. The fourth-order valence-electron chi connectivity index (χ4n) is 4.14. The minimum absolute atomic E-state index is 0.00481. The predicted octanol–water partition coefficient (Wildman–Crippen LogP) is 4.68. The van der Waals surface area contributed by atoms with Gasteiger partial charge in [-0.2, -0.15) is 8.42 Å². The van der Waals surface area contributed by atoms with E-state index in [-0.39, 0.29) is 23.6 Å². The number of nitrogens with zero attached hydrogens (tertiary/aromatic N) is 2. The lowest BCUT2D eigenvalue weighted by Gasteiger charge is -2.40. The molecule has 0 radical (unpaired) electrons. The first-order chi connectivity index (χ1) is 16.5. The molecule has 2 heterocycles. The van der Waals surface area contributed by atoms with Gasteiger partial charge in [0, 0.05) is 12.7 Å². The Morgan fingerprint density at radius 2 is 1.91 bits per heavy atom. The van der Waals surface area contributed by atoms with E-state index < -0.39 is 15.7 Å². The van der Waals surface area contributed by atoms with Crippen LogP contribution >= 0.6 is 0 Å². The topological polar surface area (TPSA) is 95.0 Å². The van der Waals surface area contributed by atoms with Crippen LogP contribution in [-0.2, 0) is 19.0 Å². The Bertz CT molecular complexity index is 1140. The van der Waals surface area contributed by atoms with Crippen LogP contribution in [0.4, 0.5) is 4.79 Å². The number of carbonyl (C=O) groups is 1. The van der Waals surface area contributed by atoms with E-state index in [9.17, 15) is 13.2 Å². The number of rotatable bonds is 9. The molecule has 1 aromatic carbocycles. The first-order valence-electron chi connectivity index (χ1n) is 12.1. The largest absolute Gasteiger partial charge is 0.490 e. The van der Waals surface area contributed by atoms with Crippen molar-refractivity contribution < 1.29 is 26.9 Å². The summed E-state index contributed by atoms with van der Waals surface area (Å²) < 4.78 is 41.3. The van der Waals surface area contributed by atoms with Crippen molar-refractivity contribution in [3.05, 3.63) is 53.9 Å². The lowest BCUT2D eigenvalue weighted by molar-refractivity contribution is -0.0141. The Kier molecular flexibility index (Phi) is 7.38. The molecule has 1 aliphatic heterocycles. The second-order valence-corrected chi connectivity index (χ2v) is 12.0. The van der Waals surface area contributed by atoms with Gasteiger partial charge in [-0.15, -0.1) is 0 Å². The molecule has 0 spiro atoms. The van der Waals surface area contributed by atoms with Crippen LogP contribution in [0.2, 0.25) is 0 Å². The van der Waals surface area contributed by atoms with Gasteiger partial charge >= 0.3 is 6.09 Å². The average molecular weight is 503 g/mol. The number of pyridine rings is 1. The van der Waals surface area contributed by atoms with Crippen molar-refractivity contribution in [2.75, 3.05) is 19.8 Å². The molecule has 2 aromatic rings. The summed E-state index contributed by atoms with van der Waals surface area (Å²) in [6, 6.07) is 8.63. The Morgan fingerprint density at radius 3 is 2.57 bits per heavy atom. The molecule has 1 unspecified atom stereocenters. The van der Waals surface area contributed by atoms with Crippen LogP contribution in [0.25, 0.3) is 0 Å². The molecule has 1 saturated carbocycles. The van der Waals surface area contributed by atoms with Crippen molar-refractivity contribution in [1.29, 1.82) is 0 Å². The van der Waals surface area contributed by atoms with Gasteiger partial charge < -0.3 is 14.4 Å². The van der Waals surface area contributed by atoms with Gasteiger partial charge in [-0.25, -0.2) is 4.79 Å². The third-order valence-corrected chi connectivity index (χ3v) is 7.66. The van der Waals surface area contributed by atoms with E-state index in [1.165, 1.54) is 0 Å². The van der Waals surface area contributed by atoms with Crippen molar-refractivity contribution in [3.63, 3.8) is 0 Å². The molecule has 190 valence electrons.